The summed E-state index contributed by atoms with van der Waals surface area (Å²) >= 11 is 0. The summed E-state index contributed by atoms with van der Waals surface area (Å²) in [5.74, 6) is 0. The lowest BCUT2D eigenvalue weighted by Gasteiger charge is -2.16. The van der Waals surface area contributed by atoms with Gasteiger partial charge in [-0.05, 0) is 25.6 Å². The lowest BCUT2D eigenvalue weighted by molar-refractivity contribution is 0.0497. The molecule has 4 nitrogen and oxygen atoms in total. The number of rotatable bonds is 9. The Balaban J connectivity index is 3.63. The zero-order valence-electron chi connectivity index (χ0n) is 9.78. The number of hydrogen-bond acceptors (Lipinski definition) is 4. The first-order valence-electron chi connectivity index (χ1n) is 5.62. The van der Waals surface area contributed by atoms with E-state index in [0.717, 1.165) is 13.0 Å². The fourth-order valence-electron chi connectivity index (χ4n) is 1.13. The second-order valence-corrected chi connectivity index (χ2v) is 3.64. The van der Waals surface area contributed by atoms with Crippen LogP contribution in [-0.4, -0.2) is 30.6 Å². The van der Waals surface area contributed by atoms with Crippen LogP contribution in [0.15, 0.2) is 12.3 Å². The van der Waals surface area contributed by atoms with Crippen molar-refractivity contribution in [1.29, 1.82) is 0 Å². The van der Waals surface area contributed by atoms with Crippen LogP contribution >= 0.6 is 0 Å². The van der Waals surface area contributed by atoms with E-state index in [1.54, 1.807) is 13.0 Å². The highest BCUT2D eigenvalue weighted by molar-refractivity contribution is 4.84. The molecular formula is C11H24N2O2. The van der Waals surface area contributed by atoms with E-state index in [9.17, 15) is 0 Å². The summed E-state index contributed by atoms with van der Waals surface area (Å²) in [5.41, 5.74) is 5.30. The maximum Gasteiger partial charge on any atom is 0.129 e. The summed E-state index contributed by atoms with van der Waals surface area (Å²) in [6.07, 6.45) is 6.05. The third-order valence-electron chi connectivity index (χ3n) is 1.95. The molecule has 4 N–H and O–H groups in total. The molecular weight excluding hydrogens is 192 g/mol. The van der Waals surface area contributed by atoms with Gasteiger partial charge in [0.05, 0.1) is 6.10 Å². The molecule has 0 aromatic rings. The number of nitrogens with two attached hydrogens (primary N) is 1. The van der Waals surface area contributed by atoms with Gasteiger partial charge in [0.2, 0.25) is 0 Å². The average molecular weight is 216 g/mol. The second kappa shape index (κ2) is 9.96. The van der Waals surface area contributed by atoms with Crippen LogP contribution in [0, 0.1) is 0 Å². The molecule has 2 unspecified atom stereocenters. The van der Waals surface area contributed by atoms with Crippen LogP contribution in [0.1, 0.15) is 33.1 Å². The SMILES string of the molecule is CCCCCOC(/C=C/N)NCC(C)O. The van der Waals surface area contributed by atoms with Crippen molar-refractivity contribution in [2.75, 3.05) is 13.2 Å². The highest BCUT2D eigenvalue weighted by Crippen LogP contribution is 1.97. The first-order chi connectivity index (χ1) is 7.20. The van der Waals surface area contributed by atoms with E-state index in [1.807, 2.05) is 0 Å². The monoisotopic (exact) mass is 216 g/mol. The van der Waals surface area contributed by atoms with Gasteiger partial charge in [-0.25, -0.2) is 0 Å². The zero-order chi connectivity index (χ0) is 11.5. The molecule has 2 atom stereocenters. The predicted molar refractivity (Wildman–Crippen MR) is 62.3 cm³/mol. The van der Waals surface area contributed by atoms with E-state index < -0.39 is 0 Å². The lowest BCUT2D eigenvalue weighted by Crippen LogP contribution is -2.35. The van der Waals surface area contributed by atoms with Crippen LogP contribution in [0.3, 0.4) is 0 Å². The molecule has 90 valence electrons. The van der Waals surface area contributed by atoms with E-state index in [-0.39, 0.29) is 12.3 Å². The van der Waals surface area contributed by atoms with Crippen molar-refractivity contribution in [1.82, 2.24) is 5.32 Å². The molecule has 0 fully saturated rings. The summed E-state index contributed by atoms with van der Waals surface area (Å²) in [6.45, 7) is 5.11. The molecule has 15 heavy (non-hydrogen) atoms. The van der Waals surface area contributed by atoms with E-state index in [4.69, 9.17) is 15.6 Å². The highest BCUT2D eigenvalue weighted by Gasteiger charge is 2.04. The maximum absolute atomic E-state index is 9.11. The summed E-state index contributed by atoms with van der Waals surface area (Å²) in [4.78, 5) is 0. The summed E-state index contributed by atoms with van der Waals surface area (Å²) in [7, 11) is 0. The van der Waals surface area contributed by atoms with Gasteiger partial charge >= 0.3 is 0 Å². The van der Waals surface area contributed by atoms with Gasteiger partial charge in [0.25, 0.3) is 0 Å². The minimum atomic E-state index is -0.377. The molecule has 0 heterocycles. The van der Waals surface area contributed by atoms with E-state index >= 15 is 0 Å². The van der Waals surface area contributed by atoms with Crippen LogP contribution in [0.2, 0.25) is 0 Å². The Bertz CT molecular complexity index is 161. The topological polar surface area (TPSA) is 67.5 Å². The molecule has 0 aliphatic heterocycles. The third kappa shape index (κ3) is 9.72. The summed E-state index contributed by atoms with van der Waals surface area (Å²) < 4.78 is 5.55. The average Bonchev–Trinajstić information content (AvgIpc) is 2.20. The quantitative estimate of drug-likeness (QED) is 0.397. The van der Waals surface area contributed by atoms with E-state index in [1.165, 1.54) is 19.0 Å². The molecule has 0 saturated carbocycles. The number of aliphatic hydroxyl groups is 1. The molecule has 4 heteroatoms. The number of hydrogen-bond donors (Lipinski definition) is 3. The fraction of sp³-hybridized carbons (Fsp3) is 0.818. The van der Waals surface area contributed by atoms with Crippen LogP contribution in [0.5, 0.6) is 0 Å². The van der Waals surface area contributed by atoms with Gasteiger partial charge in [0.1, 0.15) is 6.23 Å². The number of ether oxygens (including phenoxy) is 1. The first kappa shape index (κ1) is 14.4. The molecule has 0 rings (SSSR count). The number of unbranched alkanes of at least 4 members (excludes halogenated alkanes) is 2. The Morgan fingerprint density at radius 3 is 2.73 bits per heavy atom. The van der Waals surface area contributed by atoms with Crippen LogP contribution in [0.4, 0.5) is 0 Å². The van der Waals surface area contributed by atoms with Crippen molar-refractivity contribution in [3.63, 3.8) is 0 Å². The van der Waals surface area contributed by atoms with Crippen molar-refractivity contribution in [2.45, 2.75) is 45.4 Å². The van der Waals surface area contributed by atoms with Gasteiger partial charge < -0.3 is 15.6 Å². The number of aliphatic hydroxyl groups excluding tert-OH is 1. The van der Waals surface area contributed by atoms with Gasteiger partial charge in [-0.2, -0.15) is 0 Å². The van der Waals surface area contributed by atoms with Crippen molar-refractivity contribution >= 4 is 0 Å². The first-order valence-corrected chi connectivity index (χ1v) is 5.62. The molecule has 0 spiro atoms. The standard InChI is InChI=1S/C11H24N2O2/c1-3-4-5-8-15-11(6-7-12)13-9-10(2)14/h6-7,10-11,13-14H,3-5,8-9,12H2,1-2H3/b7-6+. The van der Waals surface area contributed by atoms with Gasteiger partial charge in [0.15, 0.2) is 0 Å². The maximum atomic E-state index is 9.11. The Kier molecular flexibility index (Phi) is 9.57. The molecule has 0 aromatic carbocycles. The van der Waals surface area contributed by atoms with Gasteiger partial charge in [-0.1, -0.05) is 19.8 Å². The molecule has 0 saturated heterocycles. The van der Waals surface area contributed by atoms with Crippen molar-refractivity contribution in [2.24, 2.45) is 5.73 Å². The molecule has 0 aromatic heterocycles. The molecule has 0 bridgehead atoms. The Hall–Kier alpha value is -0.580. The van der Waals surface area contributed by atoms with Crippen LogP contribution < -0.4 is 11.1 Å². The zero-order valence-corrected chi connectivity index (χ0v) is 9.78. The van der Waals surface area contributed by atoms with Crippen molar-refractivity contribution < 1.29 is 9.84 Å². The van der Waals surface area contributed by atoms with Crippen molar-refractivity contribution in [3.8, 4) is 0 Å². The molecule has 0 radical (unpaired) electrons. The third-order valence-corrected chi connectivity index (χ3v) is 1.95. The lowest BCUT2D eigenvalue weighted by atomic mass is 10.3. The smallest absolute Gasteiger partial charge is 0.129 e. The largest absolute Gasteiger partial charge is 0.405 e. The van der Waals surface area contributed by atoms with E-state index in [2.05, 4.69) is 12.2 Å². The van der Waals surface area contributed by atoms with Gasteiger partial charge in [-0.15, -0.1) is 0 Å². The predicted octanol–water partition coefficient (Wildman–Crippen LogP) is 0.962. The van der Waals surface area contributed by atoms with Crippen molar-refractivity contribution in [3.05, 3.63) is 12.3 Å². The Morgan fingerprint density at radius 2 is 2.20 bits per heavy atom. The molecule has 0 aliphatic rings. The highest BCUT2D eigenvalue weighted by atomic mass is 16.5. The van der Waals surface area contributed by atoms with Crippen LogP contribution in [-0.2, 0) is 4.74 Å². The molecule has 0 aliphatic carbocycles. The normalized spacial score (nSPS) is 15.7. The minimum absolute atomic E-state index is 0.193. The van der Waals surface area contributed by atoms with Gasteiger partial charge in [-0.3, -0.25) is 5.32 Å². The van der Waals surface area contributed by atoms with Gasteiger partial charge in [0, 0.05) is 13.2 Å². The molecule has 0 amide bonds. The summed E-state index contributed by atoms with van der Waals surface area (Å²) in [5, 5.41) is 12.2. The summed E-state index contributed by atoms with van der Waals surface area (Å²) in [6, 6.07) is 0. The second-order valence-electron chi connectivity index (χ2n) is 3.64. The minimum Gasteiger partial charge on any atom is -0.405 e. The number of nitrogens with one attached hydrogen (secondary N) is 1. The fourth-order valence-corrected chi connectivity index (χ4v) is 1.13. The van der Waals surface area contributed by atoms with E-state index in [0.29, 0.717) is 6.54 Å². The Labute approximate surface area is 92.5 Å². The van der Waals surface area contributed by atoms with Crippen LogP contribution in [0.25, 0.3) is 0 Å². The Morgan fingerprint density at radius 1 is 1.47 bits per heavy atom.